The zero-order chi connectivity index (χ0) is 16.8. The maximum atomic E-state index is 3.53. The van der Waals surface area contributed by atoms with Gasteiger partial charge in [0, 0.05) is 53.9 Å². The van der Waals surface area contributed by atoms with Crippen LogP contribution in [0.2, 0.25) is 0 Å². The van der Waals surface area contributed by atoms with Gasteiger partial charge in [0.05, 0.1) is 0 Å². The van der Waals surface area contributed by atoms with Crippen LogP contribution in [0, 0.1) is 0 Å². The summed E-state index contributed by atoms with van der Waals surface area (Å²) in [5.41, 5.74) is 7.58. The second kappa shape index (κ2) is 7.73. The van der Waals surface area contributed by atoms with Gasteiger partial charge in [-0.1, -0.05) is 23.8 Å². The van der Waals surface area contributed by atoms with Crippen LogP contribution >= 0.6 is 0 Å². The summed E-state index contributed by atoms with van der Waals surface area (Å²) in [6.45, 7) is 4.20. The van der Waals surface area contributed by atoms with Crippen molar-refractivity contribution >= 4 is 0 Å². The Hall–Kier alpha value is -2.68. The van der Waals surface area contributed by atoms with Crippen LogP contribution in [0.1, 0.15) is 42.3 Å². The van der Waals surface area contributed by atoms with E-state index in [0.717, 1.165) is 19.3 Å². The average molecular weight is 319 g/mol. The molecule has 0 aliphatic rings. The molecule has 0 saturated heterocycles. The minimum Gasteiger partial charge on any atom is -0.365 e. The lowest BCUT2D eigenvalue weighted by atomic mass is 10.1. The molecule has 0 aromatic carbocycles. The second-order valence-corrected chi connectivity index (χ2v) is 6.28. The van der Waals surface area contributed by atoms with Crippen molar-refractivity contribution in [2.75, 3.05) is 0 Å². The summed E-state index contributed by atoms with van der Waals surface area (Å²) >= 11 is 0. The lowest BCUT2D eigenvalue weighted by Gasteiger charge is -1.99. The Balaban J connectivity index is 1.59. The molecule has 124 valence electrons. The highest BCUT2D eigenvalue weighted by Crippen LogP contribution is 2.14. The van der Waals surface area contributed by atoms with E-state index in [1.54, 1.807) is 0 Å². The second-order valence-electron chi connectivity index (χ2n) is 6.28. The van der Waals surface area contributed by atoms with E-state index >= 15 is 0 Å². The molecule has 0 saturated carbocycles. The van der Waals surface area contributed by atoms with Crippen molar-refractivity contribution in [1.82, 2.24) is 15.0 Å². The third kappa shape index (κ3) is 4.42. The van der Waals surface area contributed by atoms with Gasteiger partial charge in [-0.05, 0) is 50.2 Å². The molecule has 0 fully saturated rings. The smallest absolute Gasteiger partial charge is 0.0278 e. The molecule has 3 aromatic rings. The van der Waals surface area contributed by atoms with Crippen LogP contribution in [-0.2, 0) is 19.3 Å². The van der Waals surface area contributed by atoms with Crippen LogP contribution in [0.25, 0.3) is 0 Å². The fraction of sp³-hybridized carbons (Fsp3) is 0.238. The van der Waals surface area contributed by atoms with Gasteiger partial charge in [0.15, 0.2) is 0 Å². The number of aromatic amines is 3. The molecule has 3 N–H and O–H groups in total. The summed E-state index contributed by atoms with van der Waals surface area (Å²) in [7, 11) is 0. The molecule has 0 unspecified atom stereocenters. The molecule has 0 aliphatic carbocycles. The number of rotatable bonds is 7. The molecule has 3 aromatic heterocycles. The number of aromatic nitrogens is 3. The van der Waals surface area contributed by atoms with Gasteiger partial charge < -0.3 is 15.0 Å². The van der Waals surface area contributed by atoms with Crippen LogP contribution in [0.15, 0.2) is 66.4 Å². The van der Waals surface area contributed by atoms with E-state index in [1.165, 1.54) is 34.0 Å². The Morgan fingerprint density at radius 1 is 0.875 bits per heavy atom. The molecule has 3 rings (SSSR count). The van der Waals surface area contributed by atoms with Gasteiger partial charge in [-0.3, -0.25) is 0 Å². The highest BCUT2D eigenvalue weighted by atomic mass is 14.8. The fourth-order valence-electron chi connectivity index (χ4n) is 2.90. The molecule has 0 bridgehead atoms. The quantitative estimate of drug-likeness (QED) is 0.518. The van der Waals surface area contributed by atoms with Crippen molar-refractivity contribution in [3.63, 3.8) is 0 Å². The molecule has 24 heavy (non-hydrogen) atoms. The molecule has 0 radical (unpaired) electrons. The van der Waals surface area contributed by atoms with Gasteiger partial charge in [-0.25, -0.2) is 0 Å². The Bertz CT molecular complexity index is 813. The van der Waals surface area contributed by atoms with Crippen molar-refractivity contribution in [2.24, 2.45) is 0 Å². The minimum absolute atomic E-state index is 0.905. The van der Waals surface area contributed by atoms with E-state index < -0.39 is 0 Å². The van der Waals surface area contributed by atoms with Gasteiger partial charge in [0.25, 0.3) is 0 Å². The maximum absolute atomic E-state index is 3.53. The predicted octanol–water partition coefficient (Wildman–Crippen LogP) is 4.92. The first-order valence-corrected chi connectivity index (χ1v) is 8.47. The predicted molar refractivity (Wildman–Crippen MR) is 100 cm³/mol. The normalized spacial score (nSPS) is 12.3. The van der Waals surface area contributed by atoms with Crippen molar-refractivity contribution in [1.29, 1.82) is 0 Å². The standard InChI is InChI=1S/C21H25N3/c1-3-4-6-16(2)13-18-8-9-20(23-18)15-21-11-10-19(24-21)14-17-7-5-12-22-17/h3-12,22-24H,13-15H2,1-2H3/b4-3-,16-6+. The largest absolute Gasteiger partial charge is 0.365 e. The van der Waals surface area contributed by atoms with E-state index in [0.29, 0.717) is 0 Å². The van der Waals surface area contributed by atoms with Crippen molar-refractivity contribution in [3.05, 3.63) is 94.9 Å². The third-order valence-corrected chi connectivity index (χ3v) is 4.08. The maximum Gasteiger partial charge on any atom is 0.0278 e. The summed E-state index contributed by atoms with van der Waals surface area (Å²) < 4.78 is 0. The lowest BCUT2D eigenvalue weighted by molar-refractivity contribution is 0.977. The van der Waals surface area contributed by atoms with Crippen molar-refractivity contribution in [3.8, 4) is 0 Å². The highest BCUT2D eigenvalue weighted by molar-refractivity contribution is 5.26. The summed E-state index contributed by atoms with van der Waals surface area (Å²) in [6, 6.07) is 12.9. The first-order valence-electron chi connectivity index (χ1n) is 8.47. The molecule has 0 atom stereocenters. The highest BCUT2D eigenvalue weighted by Gasteiger charge is 2.05. The van der Waals surface area contributed by atoms with Crippen LogP contribution < -0.4 is 0 Å². The molecule has 0 aliphatic heterocycles. The Labute approximate surface area is 143 Å². The Morgan fingerprint density at radius 2 is 1.50 bits per heavy atom. The van der Waals surface area contributed by atoms with Crippen LogP contribution in [0.5, 0.6) is 0 Å². The summed E-state index contributed by atoms with van der Waals surface area (Å²) in [5.74, 6) is 0. The van der Waals surface area contributed by atoms with Gasteiger partial charge in [0.2, 0.25) is 0 Å². The van der Waals surface area contributed by atoms with Crippen LogP contribution in [0.3, 0.4) is 0 Å². The third-order valence-electron chi connectivity index (χ3n) is 4.08. The Morgan fingerprint density at radius 3 is 2.12 bits per heavy atom. The summed E-state index contributed by atoms with van der Waals surface area (Å²) in [4.78, 5) is 10.3. The number of allylic oxidation sites excluding steroid dienone is 4. The van der Waals surface area contributed by atoms with Crippen LogP contribution in [0.4, 0.5) is 0 Å². The van der Waals surface area contributed by atoms with Crippen molar-refractivity contribution in [2.45, 2.75) is 33.1 Å². The van der Waals surface area contributed by atoms with E-state index in [9.17, 15) is 0 Å². The first kappa shape index (κ1) is 16.2. The molecule has 3 heteroatoms. The topological polar surface area (TPSA) is 47.4 Å². The summed E-state index contributed by atoms with van der Waals surface area (Å²) in [6.07, 6.45) is 11.1. The zero-order valence-corrected chi connectivity index (χ0v) is 14.4. The minimum atomic E-state index is 0.905. The first-order chi connectivity index (χ1) is 11.7. The van der Waals surface area contributed by atoms with E-state index in [2.05, 4.69) is 70.4 Å². The van der Waals surface area contributed by atoms with Gasteiger partial charge in [-0.2, -0.15) is 0 Å². The average Bonchev–Trinajstić information content (AvgIpc) is 3.30. The molecular formula is C21H25N3. The van der Waals surface area contributed by atoms with Gasteiger partial charge >= 0.3 is 0 Å². The van der Waals surface area contributed by atoms with E-state index in [4.69, 9.17) is 0 Å². The molecule has 3 heterocycles. The number of hydrogen-bond donors (Lipinski definition) is 3. The van der Waals surface area contributed by atoms with Gasteiger partial charge in [-0.15, -0.1) is 0 Å². The fourth-order valence-corrected chi connectivity index (χ4v) is 2.90. The Kier molecular flexibility index (Phi) is 5.22. The molecule has 0 amide bonds. The number of hydrogen-bond acceptors (Lipinski definition) is 0. The van der Waals surface area contributed by atoms with E-state index in [1.807, 2.05) is 19.2 Å². The lowest BCUT2D eigenvalue weighted by Crippen LogP contribution is -1.93. The SMILES string of the molecule is C/C=C\C=C(/C)Cc1ccc(Cc2ccc(Cc3ccc[nH]3)[nH]2)[nH]1. The molecule has 0 spiro atoms. The van der Waals surface area contributed by atoms with Crippen LogP contribution in [-0.4, -0.2) is 15.0 Å². The van der Waals surface area contributed by atoms with E-state index in [-0.39, 0.29) is 0 Å². The monoisotopic (exact) mass is 319 g/mol. The number of H-pyrrole nitrogens is 3. The zero-order valence-electron chi connectivity index (χ0n) is 14.4. The van der Waals surface area contributed by atoms with Crippen molar-refractivity contribution < 1.29 is 0 Å². The number of nitrogens with one attached hydrogen (secondary N) is 3. The summed E-state index contributed by atoms with van der Waals surface area (Å²) in [5, 5.41) is 0. The molecule has 3 nitrogen and oxygen atoms in total. The van der Waals surface area contributed by atoms with Gasteiger partial charge in [0.1, 0.15) is 0 Å². The molecular weight excluding hydrogens is 294 g/mol.